The van der Waals surface area contributed by atoms with E-state index in [2.05, 4.69) is 10.3 Å². The predicted octanol–water partition coefficient (Wildman–Crippen LogP) is 2.87. The maximum Gasteiger partial charge on any atom is 0.433 e. The molecule has 1 atom stereocenters. The van der Waals surface area contributed by atoms with Gasteiger partial charge in [0, 0.05) is 25.1 Å². The summed E-state index contributed by atoms with van der Waals surface area (Å²) < 4.78 is 77.8. The number of hydrogen-bond donors (Lipinski definition) is 3. The number of carbonyl (C=O) groups excluding carboxylic acids is 1. The summed E-state index contributed by atoms with van der Waals surface area (Å²) in [7, 11) is -3.82. The van der Waals surface area contributed by atoms with Crippen LogP contribution in [-0.2, 0) is 27.5 Å². The zero-order valence-corrected chi connectivity index (χ0v) is 18.9. The molecule has 0 fully saturated rings. The molecule has 0 bridgehead atoms. The Morgan fingerprint density at radius 3 is 2.56 bits per heavy atom. The van der Waals surface area contributed by atoms with Crippen LogP contribution in [0, 0.1) is 17.1 Å². The molecule has 0 aliphatic heterocycles. The van der Waals surface area contributed by atoms with Crippen molar-refractivity contribution in [1.29, 1.82) is 5.26 Å². The fourth-order valence-electron chi connectivity index (χ4n) is 2.85. The summed E-state index contributed by atoms with van der Waals surface area (Å²) in [5.74, 6) is -2.15. The minimum absolute atomic E-state index is 0.0400. The summed E-state index contributed by atoms with van der Waals surface area (Å²) in [6, 6.07) is 5.83. The van der Waals surface area contributed by atoms with E-state index in [0.717, 1.165) is 24.5 Å². The van der Waals surface area contributed by atoms with E-state index >= 15 is 0 Å². The first-order valence-electron chi connectivity index (χ1n) is 9.69. The number of pyridine rings is 1. The van der Waals surface area contributed by atoms with Crippen molar-refractivity contribution in [3.8, 4) is 6.07 Å². The number of alkyl halides is 3. The molecule has 2 rings (SSSR count). The van der Waals surface area contributed by atoms with Gasteiger partial charge in [0.2, 0.25) is 15.9 Å². The van der Waals surface area contributed by atoms with Crippen LogP contribution in [0.3, 0.4) is 0 Å². The second kappa shape index (κ2) is 10.6. The van der Waals surface area contributed by atoms with Gasteiger partial charge in [-0.3, -0.25) is 9.52 Å². The van der Waals surface area contributed by atoms with E-state index in [1.165, 1.54) is 18.2 Å². The number of amides is 1. The average molecular weight is 499 g/mol. The number of benzene rings is 1. The number of halogens is 4. The van der Waals surface area contributed by atoms with Crippen molar-refractivity contribution in [1.82, 2.24) is 10.3 Å². The van der Waals surface area contributed by atoms with Gasteiger partial charge in [-0.25, -0.2) is 17.8 Å². The smallest absolute Gasteiger partial charge is 0.348 e. The van der Waals surface area contributed by atoms with Crippen molar-refractivity contribution in [2.24, 2.45) is 5.73 Å². The molecule has 182 valence electrons. The lowest BCUT2D eigenvalue weighted by Crippen LogP contribution is -2.21. The van der Waals surface area contributed by atoms with Gasteiger partial charge >= 0.3 is 6.18 Å². The van der Waals surface area contributed by atoms with Crippen LogP contribution < -0.4 is 15.8 Å². The van der Waals surface area contributed by atoms with Crippen molar-refractivity contribution >= 4 is 27.7 Å². The number of carbonyl (C=O) groups is 1. The van der Waals surface area contributed by atoms with Gasteiger partial charge < -0.3 is 11.1 Å². The molecule has 1 aromatic carbocycles. The highest BCUT2D eigenvalue weighted by Crippen LogP contribution is 2.30. The zero-order valence-electron chi connectivity index (χ0n) is 18.1. The highest BCUT2D eigenvalue weighted by Gasteiger charge is 2.33. The normalized spacial score (nSPS) is 12.9. The molecule has 1 amide bonds. The molecule has 0 saturated heterocycles. The van der Waals surface area contributed by atoms with Crippen molar-refractivity contribution in [2.75, 3.05) is 17.5 Å². The van der Waals surface area contributed by atoms with Crippen LogP contribution >= 0.6 is 0 Å². The zero-order chi connectivity index (χ0) is 25.7. The SMILES string of the molecule is CC(CN)c1nc(C(F)(F)F)ccc1C=CC(=O)NCc1cc(F)c(NS(C)(=O)=O)c(C#N)c1. The molecule has 0 spiro atoms. The average Bonchev–Trinajstić information content (AvgIpc) is 2.75. The van der Waals surface area contributed by atoms with Crippen molar-refractivity contribution in [2.45, 2.75) is 25.6 Å². The third-order valence-electron chi connectivity index (χ3n) is 4.51. The maximum absolute atomic E-state index is 14.3. The molecule has 2 aromatic rings. The van der Waals surface area contributed by atoms with Crippen molar-refractivity contribution in [3.63, 3.8) is 0 Å². The molecule has 1 heterocycles. The quantitative estimate of drug-likeness (QED) is 0.377. The molecule has 0 saturated carbocycles. The highest BCUT2D eigenvalue weighted by molar-refractivity contribution is 7.92. The third-order valence-corrected chi connectivity index (χ3v) is 5.08. The Kier molecular flexibility index (Phi) is 8.36. The Balaban J connectivity index is 2.19. The minimum atomic E-state index is -4.63. The van der Waals surface area contributed by atoms with E-state index in [9.17, 15) is 36.0 Å². The molecular formula is C21H21F4N5O3S. The van der Waals surface area contributed by atoms with E-state index in [1.54, 1.807) is 13.0 Å². The van der Waals surface area contributed by atoms with Gasteiger partial charge in [-0.05, 0) is 35.4 Å². The second-order valence-electron chi connectivity index (χ2n) is 7.34. The van der Waals surface area contributed by atoms with Crippen LogP contribution in [-0.4, -0.2) is 32.1 Å². The molecule has 34 heavy (non-hydrogen) atoms. The van der Waals surface area contributed by atoms with Crippen LogP contribution in [0.25, 0.3) is 6.08 Å². The summed E-state index contributed by atoms with van der Waals surface area (Å²) in [6.07, 6.45) is -1.48. The third kappa shape index (κ3) is 7.26. The first-order chi connectivity index (χ1) is 15.7. The van der Waals surface area contributed by atoms with E-state index in [-0.39, 0.29) is 35.5 Å². The Bertz CT molecular complexity index is 1250. The molecule has 13 heteroatoms. The first-order valence-corrected chi connectivity index (χ1v) is 11.6. The molecule has 0 aliphatic rings. The van der Waals surface area contributed by atoms with Gasteiger partial charge in [-0.2, -0.15) is 18.4 Å². The summed E-state index contributed by atoms with van der Waals surface area (Å²) in [5.41, 5.74) is 4.25. The number of nitriles is 1. The molecule has 8 nitrogen and oxygen atoms in total. The van der Waals surface area contributed by atoms with E-state index in [4.69, 9.17) is 5.73 Å². The molecule has 0 aliphatic carbocycles. The van der Waals surface area contributed by atoms with Gasteiger partial charge in [-0.15, -0.1) is 0 Å². The first kappa shape index (κ1) is 26.7. The standard InChI is InChI=1S/C21H21F4N5O3S/c1-12(9-26)19-14(3-5-17(29-19)21(23,24)25)4-6-18(31)28-11-13-7-15(10-27)20(16(22)8-13)30-34(2,32)33/h3-8,12,30H,9,11,26H2,1-2H3,(H,28,31). The Labute approximate surface area is 193 Å². The number of aromatic nitrogens is 1. The molecule has 1 aromatic heterocycles. The Morgan fingerprint density at radius 1 is 1.32 bits per heavy atom. The predicted molar refractivity (Wildman–Crippen MR) is 117 cm³/mol. The van der Waals surface area contributed by atoms with Crippen molar-refractivity contribution in [3.05, 3.63) is 64.2 Å². The number of hydrogen-bond acceptors (Lipinski definition) is 6. The number of nitrogens with two attached hydrogens (primary N) is 1. The van der Waals surface area contributed by atoms with Gasteiger partial charge in [0.05, 0.1) is 17.5 Å². The number of rotatable bonds is 8. The second-order valence-corrected chi connectivity index (χ2v) is 9.09. The molecule has 0 radical (unpaired) electrons. The van der Waals surface area contributed by atoms with Gasteiger partial charge in [-0.1, -0.05) is 13.0 Å². The summed E-state index contributed by atoms with van der Waals surface area (Å²) in [5, 5.41) is 11.6. The van der Waals surface area contributed by atoms with Gasteiger partial charge in [0.1, 0.15) is 23.3 Å². The molecular weight excluding hydrogens is 478 g/mol. The lowest BCUT2D eigenvalue weighted by molar-refractivity contribution is -0.141. The summed E-state index contributed by atoms with van der Waals surface area (Å²) >= 11 is 0. The summed E-state index contributed by atoms with van der Waals surface area (Å²) in [4.78, 5) is 15.8. The number of nitrogens with zero attached hydrogens (tertiary/aromatic N) is 2. The van der Waals surface area contributed by atoms with Gasteiger partial charge in [0.15, 0.2) is 0 Å². The summed E-state index contributed by atoms with van der Waals surface area (Å²) in [6.45, 7) is 1.44. The van der Waals surface area contributed by atoms with Crippen LogP contribution in [0.1, 0.15) is 40.9 Å². The van der Waals surface area contributed by atoms with E-state index in [1.807, 2.05) is 4.72 Å². The van der Waals surface area contributed by atoms with Gasteiger partial charge in [0.25, 0.3) is 0 Å². The van der Waals surface area contributed by atoms with Crippen LogP contribution in [0.4, 0.5) is 23.2 Å². The highest BCUT2D eigenvalue weighted by atomic mass is 32.2. The topological polar surface area (TPSA) is 138 Å². The fourth-order valence-corrected chi connectivity index (χ4v) is 3.42. The monoisotopic (exact) mass is 499 g/mol. The number of anilines is 1. The van der Waals surface area contributed by atoms with Crippen LogP contribution in [0.5, 0.6) is 0 Å². The minimum Gasteiger partial charge on any atom is -0.348 e. The van der Waals surface area contributed by atoms with E-state index in [0.29, 0.717) is 0 Å². The number of nitrogens with one attached hydrogen (secondary N) is 2. The molecule has 1 unspecified atom stereocenters. The Hall–Kier alpha value is -3.50. The fraction of sp³-hybridized carbons (Fsp3) is 0.286. The van der Waals surface area contributed by atoms with Crippen molar-refractivity contribution < 1.29 is 30.8 Å². The maximum atomic E-state index is 14.3. The Morgan fingerprint density at radius 2 is 2.00 bits per heavy atom. The molecule has 4 N–H and O–H groups in total. The number of sulfonamides is 1. The van der Waals surface area contributed by atoms with E-state index < -0.39 is 45.2 Å². The van der Waals surface area contributed by atoms with Crippen LogP contribution in [0.2, 0.25) is 0 Å². The lowest BCUT2D eigenvalue weighted by Gasteiger charge is -2.14. The van der Waals surface area contributed by atoms with Crippen LogP contribution in [0.15, 0.2) is 30.3 Å². The lowest BCUT2D eigenvalue weighted by atomic mass is 10.0. The largest absolute Gasteiger partial charge is 0.433 e.